The smallest absolute Gasteiger partial charge is 0.327 e. The molecule has 1 fully saturated rings. The van der Waals surface area contributed by atoms with Crippen LogP contribution < -0.4 is 5.32 Å². The second kappa shape index (κ2) is 7.44. The van der Waals surface area contributed by atoms with Crippen LogP contribution in [0.5, 0.6) is 0 Å². The van der Waals surface area contributed by atoms with Crippen molar-refractivity contribution in [2.75, 3.05) is 7.11 Å². The third kappa shape index (κ3) is 3.60. The van der Waals surface area contributed by atoms with Crippen molar-refractivity contribution >= 4 is 5.97 Å². The van der Waals surface area contributed by atoms with Crippen LogP contribution in [0.1, 0.15) is 50.6 Å². The quantitative estimate of drug-likeness (QED) is 0.836. The molecule has 2 rings (SSSR count). The van der Waals surface area contributed by atoms with Gasteiger partial charge in [0.25, 0.3) is 0 Å². The largest absolute Gasteiger partial charge is 0.468 e. The van der Waals surface area contributed by atoms with E-state index in [2.05, 4.69) is 12.2 Å². The fourth-order valence-corrected chi connectivity index (χ4v) is 3.19. The van der Waals surface area contributed by atoms with Crippen LogP contribution in [0.4, 0.5) is 0 Å². The van der Waals surface area contributed by atoms with Gasteiger partial charge in [-0.05, 0) is 24.3 Å². The Bertz CT molecular complexity index is 418. The number of methoxy groups -OCH3 is 1. The Labute approximate surface area is 121 Å². The lowest BCUT2D eigenvalue weighted by molar-refractivity contribution is -0.143. The lowest BCUT2D eigenvalue weighted by Crippen LogP contribution is -2.43. The Hall–Kier alpha value is -1.35. The minimum atomic E-state index is -0.349. The highest BCUT2D eigenvalue weighted by Crippen LogP contribution is 2.29. The molecule has 1 aliphatic rings. The van der Waals surface area contributed by atoms with Gasteiger partial charge in [-0.3, -0.25) is 5.32 Å². The third-order valence-electron chi connectivity index (χ3n) is 4.38. The first-order chi connectivity index (χ1) is 9.76. The van der Waals surface area contributed by atoms with Crippen molar-refractivity contribution < 1.29 is 9.53 Å². The van der Waals surface area contributed by atoms with E-state index in [1.54, 1.807) is 0 Å². The van der Waals surface area contributed by atoms with Gasteiger partial charge in [-0.25, -0.2) is 4.79 Å². The molecule has 0 heterocycles. The van der Waals surface area contributed by atoms with E-state index in [9.17, 15) is 4.79 Å². The summed E-state index contributed by atoms with van der Waals surface area (Å²) in [7, 11) is 1.46. The number of ether oxygens (including phenoxy) is 1. The normalized spacial score (nSPS) is 24.1. The summed E-state index contributed by atoms with van der Waals surface area (Å²) in [5.74, 6) is 0.469. The summed E-state index contributed by atoms with van der Waals surface area (Å²) in [4.78, 5) is 12.1. The van der Waals surface area contributed by atoms with Gasteiger partial charge in [0.15, 0.2) is 0 Å². The highest BCUT2D eigenvalue weighted by molar-refractivity contribution is 5.77. The molecule has 1 saturated carbocycles. The number of hydrogen-bond donors (Lipinski definition) is 1. The van der Waals surface area contributed by atoms with E-state index < -0.39 is 0 Å². The lowest BCUT2D eigenvalue weighted by atomic mass is 9.82. The molecule has 20 heavy (non-hydrogen) atoms. The van der Waals surface area contributed by atoms with Crippen molar-refractivity contribution in [1.82, 2.24) is 5.32 Å². The number of rotatable bonds is 5. The summed E-state index contributed by atoms with van der Waals surface area (Å²) < 4.78 is 4.98. The van der Waals surface area contributed by atoms with Crippen LogP contribution in [-0.4, -0.2) is 19.1 Å². The first kappa shape index (κ1) is 15.0. The van der Waals surface area contributed by atoms with Crippen LogP contribution >= 0.6 is 0 Å². The summed E-state index contributed by atoms with van der Waals surface area (Å²) >= 11 is 0. The number of esters is 1. The van der Waals surface area contributed by atoms with E-state index in [4.69, 9.17) is 4.74 Å². The Morgan fingerprint density at radius 3 is 2.65 bits per heavy atom. The number of carbonyl (C=O) groups excluding carboxylic acids is 1. The third-order valence-corrected chi connectivity index (χ3v) is 4.38. The molecule has 3 unspecified atom stereocenters. The average molecular weight is 275 g/mol. The maximum Gasteiger partial charge on any atom is 0.327 e. The van der Waals surface area contributed by atoms with Crippen molar-refractivity contribution in [2.24, 2.45) is 5.92 Å². The summed E-state index contributed by atoms with van der Waals surface area (Å²) in [6, 6.07) is 9.93. The minimum absolute atomic E-state index is 0.198. The molecule has 0 aromatic heterocycles. The molecule has 3 nitrogen and oxygen atoms in total. The molecular formula is C17H25NO2. The molecule has 0 aliphatic heterocycles. The van der Waals surface area contributed by atoms with Crippen molar-refractivity contribution in [3.63, 3.8) is 0 Å². The van der Waals surface area contributed by atoms with Gasteiger partial charge in [0, 0.05) is 6.04 Å². The van der Waals surface area contributed by atoms with Crippen molar-refractivity contribution in [3.8, 4) is 0 Å². The number of benzene rings is 1. The van der Waals surface area contributed by atoms with Gasteiger partial charge in [0.05, 0.1) is 7.11 Å². The molecule has 3 heteroatoms. The van der Waals surface area contributed by atoms with E-state index in [1.165, 1.54) is 32.8 Å². The molecule has 1 aromatic carbocycles. The molecule has 1 aliphatic carbocycles. The van der Waals surface area contributed by atoms with Gasteiger partial charge in [0.2, 0.25) is 0 Å². The zero-order chi connectivity index (χ0) is 14.4. The molecule has 0 spiro atoms. The monoisotopic (exact) mass is 275 g/mol. The predicted octanol–water partition coefficient (Wildman–Crippen LogP) is 3.46. The second-order valence-corrected chi connectivity index (χ2v) is 5.59. The van der Waals surface area contributed by atoms with Crippen LogP contribution in [0.3, 0.4) is 0 Å². The van der Waals surface area contributed by atoms with Crippen LogP contribution in [-0.2, 0) is 9.53 Å². The van der Waals surface area contributed by atoms with E-state index in [0.717, 1.165) is 12.0 Å². The van der Waals surface area contributed by atoms with Gasteiger partial charge >= 0.3 is 5.97 Å². The van der Waals surface area contributed by atoms with Crippen LogP contribution in [0.25, 0.3) is 0 Å². The first-order valence-corrected chi connectivity index (χ1v) is 7.65. The van der Waals surface area contributed by atoms with E-state index in [0.29, 0.717) is 12.0 Å². The Balaban J connectivity index is 2.13. The molecule has 0 bridgehead atoms. The van der Waals surface area contributed by atoms with E-state index >= 15 is 0 Å². The topological polar surface area (TPSA) is 38.3 Å². The average Bonchev–Trinajstić information content (AvgIpc) is 2.53. The predicted molar refractivity (Wildman–Crippen MR) is 80.4 cm³/mol. The van der Waals surface area contributed by atoms with Crippen LogP contribution in [0.15, 0.2) is 30.3 Å². The van der Waals surface area contributed by atoms with E-state index in [-0.39, 0.29) is 12.0 Å². The fourth-order valence-electron chi connectivity index (χ4n) is 3.19. The molecule has 0 amide bonds. The van der Waals surface area contributed by atoms with E-state index in [1.807, 2.05) is 30.3 Å². The molecule has 1 N–H and O–H groups in total. The Morgan fingerprint density at radius 2 is 2.00 bits per heavy atom. The van der Waals surface area contributed by atoms with Crippen LogP contribution in [0, 0.1) is 5.92 Å². The van der Waals surface area contributed by atoms with Gasteiger partial charge in [-0.15, -0.1) is 0 Å². The summed E-state index contributed by atoms with van der Waals surface area (Å²) in [5, 5.41) is 3.55. The Morgan fingerprint density at radius 1 is 1.30 bits per heavy atom. The SMILES string of the molecule is CCC1CCCCC1NC(C(=O)OC)c1ccccc1. The zero-order valence-electron chi connectivity index (χ0n) is 12.5. The standard InChI is InChI=1S/C17H25NO2/c1-3-13-9-7-8-12-15(13)18-16(17(19)20-2)14-10-5-4-6-11-14/h4-6,10-11,13,15-16,18H,3,7-9,12H2,1-2H3. The highest BCUT2D eigenvalue weighted by atomic mass is 16.5. The van der Waals surface area contributed by atoms with Crippen molar-refractivity contribution in [1.29, 1.82) is 0 Å². The molecule has 3 atom stereocenters. The van der Waals surface area contributed by atoms with Gasteiger partial charge in [-0.1, -0.05) is 56.5 Å². The van der Waals surface area contributed by atoms with Gasteiger partial charge in [-0.2, -0.15) is 0 Å². The first-order valence-electron chi connectivity index (χ1n) is 7.65. The number of carbonyl (C=O) groups is 1. The highest BCUT2D eigenvalue weighted by Gasteiger charge is 2.29. The molecule has 110 valence electrons. The van der Waals surface area contributed by atoms with Crippen molar-refractivity contribution in [3.05, 3.63) is 35.9 Å². The van der Waals surface area contributed by atoms with Crippen molar-refractivity contribution in [2.45, 2.75) is 51.1 Å². The Kier molecular flexibility index (Phi) is 5.60. The second-order valence-electron chi connectivity index (χ2n) is 5.59. The summed E-state index contributed by atoms with van der Waals surface area (Å²) in [5.41, 5.74) is 0.986. The van der Waals surface area contributed by atoms with Gasteiger partial charge < -0.3 is 4.74 Å². The zero-order valence-corrected chi connectivity index (χ0v) is 12.5. The molecule has 1 aromatic rings. The lowest BCUT2D eigenvalue weighted by Gasteiger charge is -2.34. The minimum Gasteiger partial charge on any atom is -0.468 e. The molecule has 0 radical (unpaired) electrons. The maximum absolute atomic E-state index is 12.1. The number of nitrogens with one attached hydrogen (secondary N) is 1. The molecular weight excluding hydrogens is 250 g/mol. The summed E-state index contributed by atoms with van der Waals surface area (Å²) in [6.07, 6.45) is 6.14. The number of hydrogen-bond acceptors (Lipinski definition) is 3. The van der Waals surface area contributed by atoms with Gasteiger partial charge in [0.1, 0.15) is 6.04 Å². The maximum atomic E-state index is 12.1. The summed E-state index contributed by atoms with van der Waals surface area (Å²) in [6.45, 7) is 2.24. The molecule has 0 saturated heterocycles. The fraction of sp³-hybridized carbons (Fsp3) is 0.588. The van der Waals surface area contributed by atoms with Crippen LogP contribution in [0.2, 0.25) is 0 Å².